The Bertz CT molecular complexity index is 815. The Balaban J connectivity index is 2.27. The van der Waals surface area contributed by atoms with E-state index in [1.807, 2.05) is 0 Å². The number of hydrogen-bond acceptors (Lipinski definition) is 5. The zero-order valence-electron chi connectivity index (χ0n) is 13.3. The van der Waals surface area contributed by atoms with Crippen molar-refractivity contribution in [2.45, 2.75) is 17.4 Å². The lowest BCUT2D eigenvalue weighted by molar-refractivity contribution is 0.0747. The summed E-state index contributed by atoms with van der Waals surface area (Å²) >= 11 is 0. The highest BCUT2D eigenvalue weighted by Crippen LogP contribution is 2.20. The van der Waals surface area contributed by atoms with E-state index in [-0.39, 0.29) is 33.9 Å². The fourth-order valence-corrected chi connectivity index (χ4v) is 5.17. The molecule has 7 nitrogen and oxygen atoms in total. The molecule has 1 saturated heterocycles. The number of benzene rings is 1. The van der Waals surface area contributed by atoms with Gasteiger partial charge in [-0.05, 0) is 24.6 Å². The van der Waals surface area contributed by atoms with Crippen LogP contribution in [0.5, 0.6) is 0 Å². The Morgan fingerprint density at radius 2 is 1.87 bits per heavy atom. The second kappa shape index (κ2) is 6.21. The van der Waals surface area contributed by atoms with E-state index in [1.54, 1.807) is 7.05 Å². The molecule has 1 heterocycles. The molecule has 0 saturated carbocycles. The van der Waals surface area contributed by atoms with Gasteiger partial charge in [-0.15, -0.1) is 0 Å². The van der Waals surface area contributed by atoms with Crippen LogP contribution in [0.3, 0.4) is 0 Å². The maximum atomic E-state index is 12.5. The molecule has 0 aliphatic carbocycles. The van der Waals surface area contributed by atoms with Crippen molar-refractivity contribution in [2.75, 3.05) is 32.6 Å². The molecule has 1 aliphatic heterocycles. The molecular formula is C14H20N2O5S2. The molecule has 1 unspecified atom stereocenters. The summed E-state index contributed by atoms with van der Waals surface area (Å²) in [5, 5.41) is 0. The lowest BCUT2D eigenvalue weighted by atomic mass is 10.1. The molecule has 0 spiro atoms. The first kappa shape index (κ1) is 17.9. The predicted octanol–water partition coefficient (Wildman–Crippen LogP) is 0.196. The molecule has 1 atom stereocenters. The third-order valence-electron chi connectivity index (χ3n) is 3.94. The number of amides is 1. The lowest BCUT2D eigenvalue weighted by Crippen LogP contribution is -2.37. The molecule has 1 aromatic rings. The summed E-state index contributed by atoms with van der Waals surface area (Å²) in [5.74, 6) is -0.363. The minimum Gasteiger partial charge on any atom is -0.338 e. The summed E-state index contributed by atoms with van der Waals surface area (Å²) in [4.78, 5) is 13.9. The molecular weight excluding hydrogens is 340 g/mol. The molecule has 23 heavy (non-hydrogen) atoms. The van der Waals surface area contributed by atoms with Crippen molar-refractivity contribution in [1.29, 1.82) is 0 Å². The zero-order valence-corrected chi connectivity index (χ0v) is 14.9. The van der Waals surface area contributed by atoms with Crippen LogP contribution in [-0.4, -0.2) is 70.6 Å². The second-order valence-electron chi connectivity index (χ2n) is 5.79. The van der Waals surface area contributed by atoms with E-state index >= 15 is 0 Å². The van der Waals surface area contributed by atoms with E-state index in [1.165, 1.54) is 43.3 Å². The van der Waals surface area contributed by atoms with Crippen molar-refractivity contribution < 1.29 is 21.6 Å². The van der Waals surface area contributed by atoms with Gasteiger partial charge in [0, 0.05) is 32.7 Å². The van der Waals surface area contributed by atoms with Gasteiger partial charge in [-0.3, -0.25) is 4.79 Å². The Labute approximate surface area is 136 Å². The average molecular weight is 360 g/mol. The highest BCUT2D eigenvalue weighted by Gasteiger charge is 2.33. The Hall–Kier alpha value is -1.45. The smallest absolute Gasteiger partial charge is 0.253 e. The molecule has 1 aromatic carbocycles. The van der Waals surface area contributed by atoms with E-state index in [0.717, 1.165) is 4.31 Å². The number of sulfone groups is 1. The van der Waals surface area contributed by atoms with Crippen LogP contribution in [-0.2, 0) is 19.9 Å². The summed E-state index contributed by atoms with van der Waals surface area (Å²) in [7, 11) is -2.35. The topological polar surface area (TPSA) is 91.8 Å². The zero-order chi connectivity index (χ0) is 17.4. The summed E-state index contributed by atoms with van der Waals surface area (Å²) in [6, 6.07) is 5.39. The quantitative estimate of drug-likeness (QED) is 0.765. The van der Waals surface area contributed by atoms with E-state index in [0.29, 0.717) is 6.42 Å². The van der Waals surface area contributed by atoms with Crippen molar-refractivity contribution in [3.63, 3.8) is 0 Å². The molecule has 2 rings (SSSR count). The lowest BCUT2D eigenvalue weighted by Gasteiger charge is -2.23. The third-order valence-corrected chi connectivity index (χ3v) is 7.50. The number of carbonyl (C=O) groups excluding carboxylic acids is 1. The number of nitrogens with zero attached hydrogens (tertiary/aromatic N) is 2. The van der Waals surface area contributed by atoms with Crippen LogP contribution in [0.2, 0.25) is 0 Å². The normalized spacial score (nSPS) is 20.6. The Kier molecular flexibility index (Phi) is 4.84. The van der Waals surface area contributed by atoms with Gasteiger partial charge in [0.1, 0.15) is 0 Å². The molecule has 9 heteroatoms. The average Bonchev–Trinajstić information content (AvgIpc) is 2.85. The van der Waals surface area contributed by atoms with Crippen LogP contribution in [0.25, 0.3) is 0 Å². The van der Waals surface area contributed by atoms with Gasteiger partial charge in [-0.25, -0.2) is 21.1 Å². The molecule has 0 radical (unpaired) electrons. The van der Waals surface area contributed by atoms with Crippen LogP contribution in [0.15, 0.2) is 29.2 Å². The van der Waals surface area contributed by atoms with Gasteiger partial charge < -0.3 is 4.90 Å². The van der Waals surface area contributed by atoms with Gasteiger partial charge in [0.2, 0.25) is 10.0 Å². The Morgan fingerprint density at radius 3 is 2.39 bits per heavy atom. The molecule has 128 valence electrons. The van der Waals surface area contributed by atoms with Crippen LogP contribution >= 0.6 is 0 Å². The Morgan fingerprint density at radius 1 is 1.22 bits per heavy atom. The molecule has 0 N–H and O–H groups in total. The number of rotatable bonds is 4. The van der Waals surface area contributed by atoms with Gasteiger partial charge in [0.05, 0.1) is 16.4 Å². The van der Waals surface area contributed by atoms with Crippen molar-refractivity contribution in [1.82, 2.24) is 9.21 Å². The van der Waals surface area contributed by atoms with Gasteiger partial charge in [0.25, 0.3) is 5.91 Å². The largest absolute Gasteiger partial charge is 0.338 e. The van der Waals surface area contributed by atoms with Gasteiger partial charge >= 0.3 is 0 Å². The van der Waals surface area contributed by atoms with E-state index < -0.39 is 19.9 Å². The molecule has 1 amide bonds. The standard InChI is InChI=1S/C14H20N2O5S2/c1-15(2)23(20,21)13-6-4-5-11(9-13)14(17)16(3)12-7-8-22(18,19)10-12/h4-6,9,12H,7-8,10H2,1-3H3. The highest BCUT2D eigenvalue weighted by atomic mass is 32.2. The van der Waals surface area contributed by atoms with Crippen molar-refractivity contribution in [2.24, 2.45) is 0 Å². The predicted molar refractivity (Wildman–Crippen MR) is 86.5 cm³/mol. The maximum absolute atomic E-state index is 12.5. The van der Waals surface area contributed by atoms with E-state index in [4.69, 9.17) is 0 Å². The van der Waals surface area contributed by atoms with Crippen LogP contribution < -0.4 is 0 Å². The minimum atomic E-state index is -3.63. The number of sulfonamides is 1. The first-order valence-corrected chi connectivity index (χ1v) is 10.3. The molecule has 0 aromatic heterocycles. The van der Waals surface area contributed by atoms with E-state index in [2.05, 4.69) is 0 Å². The first-order chi connectivity index (χ1) is 10.5. The van der Waals surface area contributed by atoms with Crippen molar-refractivity contribution in [3.8, 4) is 0 Å². The SMILES string of the molecule is CN(C(=O)c1cccc(S(=O)(=O)N(C)C)c1)C1CCS(=O)(=O)C1. The highest BCUT2D eigenvalue weighted by molar-refractivity contribution is 7.91. The van der Waals surface area contributed by atoms with Crippen molar-refractivity contribution in [3.05, 3.63) is 29.8 Å². The number of hydrogen-bond donors (Lipinski definition) is 0. The molecule has 0 bridgehead atoms. The third kappa shape index (κ3) is 3.73. The second-order valence-corrected chi connectivity index (χ2v) is 10.2. The fraction of sp³-hybridized carbons (Fsp3) is 0.500. The van der Waals surface area contributed by atoms with Gasteiger partial charge in [-0.2, -0.15) is 0 Å². The van der Waals surface area contributed by atoms with Gasteiger partial charge in [0.15, 0.2) is 9.84 Å². The monoisotopic (exact) mass is 360 g/mol. The maximum Gasteiger partial charge on any atom is 0.253 e. The summed E-state index contributed by atoms with van der Waals surface area (Å²) in [6.07, 6.45) is 0.403. The summed E-state index contributed by atoms with van der Waals surface area (Å²) < 4.78 is 48.4. The number of carbonyl (C=O) groups is 1. The van der Waals surface area contributed by atoms with Crippen LogP contribution in [0.1, 0.15) is 16.8 Å². The first-order valence-electron chi connectivity index (χ1n) is 7.05. The van der Waals surface area contributed by atoms with Crippen LogP contribution in [0, 0.1) is 0 Å². The minimum absolute atomic E-state index is 0.0285. The molecule has 1 aliphatic rings. The fourth-order valence-electron chi connectivity index (χ4n) is 2.45. The van der Waals surface area contributed by atoms with Gasteiger partial charge in [-0.1, -0.05) is 6.07 Å². The summed E-state index contributed by atoms with van der Waals surface area (Å²) in [6.45, 7) is 0. The van der Waals surface area contributed by atoms with Crippen molar-refractivity contribution >= 4 is 25.8 Å². The van der Waals surface area contributed by atoms with E-state index in [9.17, 15) is 21.6 Å². The molecule has 1 fully saturated rings. The van der Waals surface area contributed by atoms with Crippen LogP contribution in [0.4, 0.5) is 0 Å². The summed E-state index contributed by atoms with van der Waals surface area (Å²) in [5.41, 5.74) is 0.222.